The first-order valence-electron chi connectivity index (χ1n) is 5.04. The van der Waals surface area contributed by atoms with Crippen molar-refractivity contribution in [2.45, 2.75) is 40.5 Å². The molecule has 0 saturated carbocycles. The third-order valence-electron chi connectivity index (χ3n) is 1.53. The van der Waals surface area contributed by atoms with Crippen LogP contribution in [0.25, 0.3) is 0 Å². The SMILES string of the molecule is CC.CC(C)CCCN(O)S(C)(O)O. The molecule has 0 aromatic rings. The van der Waals surface area contributed by atoms with E-state index in [0.29, 0.717) is 16.9 Å². The third-order valence-corrected chi connectivity index (χ3v) is 2.51. The van der Waals surface area contributed by atoms with Crippen LogP contribution in [0.1, 0.15) is 40.5 Å². The van der Waals surface area contributed by atoms with Crippen LogP contribution in [0.2, 0.25) is 0 Å². The second kappa shape index (κ2) is 8.49. The predicted octanol–water partition coefficient (Wildman–Crippen LogP) is 3.44. The van der Waals surface area contributed by atoms with Crippen LogP contribution < -0.4 is 0 Å². The van der Waals surface area contributed by atoms with Crippen LogP contribution in [-0.2, 0) is 0 Å². The molecule has 0 aromatic carbocycles. The van der Waals surface area contributed by atoms with Crippen molar-refractivity contribution >= 4 is 10.8 Å². The lowest BCUT2D eigenvalue weighted by atomic mass is 10.1. The van der Waals surface area contributed by atoms with Crippen LogP contribution in [0, 0.1) is 5.92 Å². The van der Waals surface area contributed by atoms with Gasteiger partial charge in [-0.2, -0.15) is 0 Å². The van der Waals surface area contributed by atoms with Crippen LogP contribution in [0.4, 0.5) is 0 Å². The van der Waals surface area contributed by atoms with Gasteiger partial charge in [0.25, 0.3) is 0 Å². The van der Waals surface area contributed by atoms with Gasteiger partial charge in [0.05, 0.1) is 0 Å². The summed E-state index contributed by atoms with van der Waals surface area (Å²) in [5.74, 6) is 0.581. The zero-order valence-electron chi connectivity index (χ0n) is 9.90. The molecule has 0 rings (SSSR count). The minimum atomic E-state index is -2.91. The van der Waals surface area contributed by atoms with Crippen molar-refractivity contribution in [2.24, 2.45) is 5.92 Å². The van der Waals surface area contributed by atoms with Crippen LogP contribution in [0.3, 0.4) is 0 Å². The Morgan fingerprint density at radius 2 is 1.64 bits per heavy atom. The molecule has 0 unspecified atom stereocenters. The monoisotopic (exact) mass is 227 g/mol. The molecule has 0 saturated heterocycles. The van der Waals surface area contributed by atoms with E-state index in [1.807, 2.05) is 13.8 Å². The maximum Gasteiger partial charge on any atom is 0.0447 e. The second-order valence-electron chi connectivity index (χ2n) is 3.40. The number of hydrogen-bond donors (Lipinski definition) is 3. The van der Waals surface area contributed by atoms with Gasteiger partial charge in [-0.1, -0.05) is 32.2 Å². The highest BCUT2D eigenvalue weighted by atomic mass is 32.3. The Labute approximate surface area is 89.4 Å². The molecule has 0 aliphatic heterocycles. The number of hydroxylamine groups is 1. The molecule has 0 heterocycles. The Morgan fingerprint density at radius 3 is 1.93 bits per heavy atom. The fourth-order valence-electron chi connectivity index (χ4n) is 0.808. The molecule has 14 heavy (non-hydrogen) atoms. The van der Waals surface area contributed by atoms with E-state index in [2.05, 4.69) is 13.8 Å². The summed E-state index contributed by atoms with van der Waals surface area (Å²) in [6.45, 7) is 8.49. The molecule has 0 atom stereocenters. The molecule has 0 aliphatic carbocycles. The molecule has 4 nitrogen and oxygen atoms in total. The van der Waals surface area contributed by atoms with Gasteiger partial charge in [0.1, 0.15) is 0 Å². The maximum atomic E-state index is 9.07. The highest BCUT2D eigenvalue weighted by Crippen LogP contribution is 2.36. The van der Waals surface area contributed by atoms with Crippen LogP contribution in [0.5, 0.6) is 0 Å². The number of rotatable bonds is 5. The van der Waals surface area contributed by atoms with Gasteiger partial charge >= 0.3 is 0 Å². The summed E-state index contributed by atoms with van der Waals surface area (Å²) >= 11 is 0. The Kier molecular flexibility index (Phi) is 10.1. The van der Waals surface area contributed by atoms with Crippen molar-refractivity contribution in [1.29, 1.82) is 0 Å². The quantitative estimate of drug-likeness (QED) is 0.630. The summed E-state index contributed by atoms with van der Waals surface area (Å²) in [5.41, 5.74) is 0. The van der Waals surface area contributed by atoms with Gasteiger partial charge in [-0.25, -0.2) is 0 Å². The summed E-state index contributed by atoms with van der Waals surface area (Å²) in [6, 6.07) is 0. The van der Waals surface area contributed by atoms with Gasteiger partial charge in [0.2, 0.25) is 0 Å². The third kappa shape index (κ3) is 10.3. The van der Waals surface area contributed by atoms with Gasteiger partial charge < -0.3 is 0 Å². The van der Waals surface area contributed by atoms with Crippen molar-refractivity contribution in [3.63, 3.8) is 0 Å². The lowest BCUT2D eigenvalue weighted by molar-refractivity contribution is -0.00932. The molecule has 0 amide bonds. The highest BCUT2D eigenvalue weighted by Gasteiger charge is 2.13. The fourth-order valence-corrected chi connectivity index (χ4v) is 1.28. The molecule has 0 radical (unpaired) electrons. The molecule has 0 aliphatic rings. The molecule has 90 valence electrons. The van der Waals surface area contributed by atoms with Gasteiger partial charge in [-0.3, -0.25) is 14.3 Å². The maximum absolute atomic E-state index is 9.07. The summed E-state index contributed by atoms with van der Waals surface area (Å²) in [5, 5.41) is 9.07. The van der Waals surface area contributed by atoms with E-state index in [9.17, 15) is 0 Å². The molecule has 0 bridgehead atoms. The highest BCUT2D eigenvalue weighted by molar-refractivity contribution is 8.21. The van der Waals surface area contributed by atoms with Crippen molar-refractivity contribution in [1.82, 2.24) is 4.47 Å². The van der Waals surface area contributed by atoms with Gasteiger partial charge in [0.15, 0.2) is 0 Å². The zero-order chi connectivity index (χ0) is 11.8. The lowest BCUT2D eigenvalue weighted by Crippen LogP contribution is -2.24. The molecular weight excluding hydrogens is 202 g/mol. The summed E-state index contributed by atoms with van der Waals surface area (Å²) in [7, 11) is -2.91. The molecule has 5 heteroatoms. The van der Waals surface area contributed by atoms with Crippen molar-refractivity contribution in [3.05, 3.63) is 0 Å². The Bertz CT molecular complexity index is 126. The smallest absolute Gasteiger partial charge is 0.0447 e. The molecule has 0 spiro atoms. The second-order valence-corrected chi connectivity index (χ2v) is 5.41. The van der Waals surface area contributed by atoms with E-state index in [1.165, 1.54) is 6.26 Å². The van der Waals surface area contributed by atoms with E-state index < -0.39 is 10.8 Å². The lowest BCUT2D eigenvalue weighted by Gasteiger charge is -2.34. The van der Waals surface area contributed by atoms with Crippen LogP contribution >= 0.6 is 10.8 Å². The normalized spacial score (nSPS) is 12.7. The number of hydrogen-bond acceptors (Lipinski definition) is 4. The first-order valence-corrected chi connectivity index (χ1v) is 6.95. The average Bonchev–Trinajstić information content (AvgIpc) is 2.05. The topological polar surface area (TPSA) is 63.9 Å². The van der Waals surface area contributed by atoms with Gasteiger partial charge in [-0.15, -0.1) is 10.8 Å². The van der Waals surface area contributed by atoms with E-state index in [4.69, 9.17) is 14.3 Å². The Morgan fingerprint density at radius 1 is 1.21 bits per heavy atom. The molecular formula is C9H25NO3S. The Hall–Kier alpha value is 0.190. The van der Waals surface area contributed by atoms with Crippen LogP contribution in [0.15, 0.2) is 0 Å². The molecule has 0 aromatic heterocycles. The standard InChI is InChI=1S/C7H19NO3S.C2H6/c1-7(2)5-4-6-8(9)12(3,10)11;1-2/h7,9-11H,4-6H2,1-3H3;1-2H3. The van der Waals surface area contributed by atoms with Gasteiger partial charge in [0, 0.05) is 12.8 Å². The number of nitrogens with zero attached hydrogens (tertiary/aromatic N) is 1. The van der Waals surface area contributed by atoms with E-state index in [0.717, 1.165) is 12.8 Å². The van der Waals surface area contributed by atoms with Crippen molar-refractivity contribution < 1.29 is 14.3 Å². The summed E-state index contributed by atoms with van der Waals surface area (Å²) < 4.78 is 18.6. The zero-order valence-corrected chi connectivity index (χ0v) is 10.7. The van der Waals surface area contributed by atoms with Crippen LogP contribution in [-0.4, -0.2) is 31.6 Å². The van der Waals surface area contributed by atoms with E-state index in [1.54, 1.807) is 0 Å². The van der Waals surface area contributed by atoms with Crippen molar-refractivity contribution in [3.8, 4) is 0 Å². The predicted molar refractivity (Wildman–Crippen MR) is 62.7 cm³/mol. The fraction of sp³-hybridized carbons (Fsp3) is 1.00. The van der Waals surface area contributed by atoms with Gasteiger partial charge in [-0.05, 0) is 18.8 Å². The average molecular weight is 227 g/mol. The first kappa shape index (κ1) is 16.6. The van der Waals surface area contributed by atoms with E-state index >= 15 is 0 Å². The molecule has 0 fully saturated rings. The Balaban J connectivity index is 0. The summed E-state index contributed by atoms with van der Waals surface area (Å²) in [4.78, 5) is 0. The minimum absolute atomic E-state index is 0.316. The van der Waals surface area contributed by atoms with E-state index in [-0.39, 0.29) is 0 Å². The largest absolute Gasteiger partial charge is 0.295 e. The minimum Gasteiger partial charge on any atom is -0.295 e. The van der Waals surface area contributed by atoms with Crippen molar-refractivity contribution in [2.75, 3.05) is 12.8 Å². The molecule has 3 N–H and O–H groups in total. The summed E-state index contributed by atoms with van der Waals surface area (Å²) in [6.07, 6.45) is 2.97. The first-order chi connectivity index (χ1) is 6.34.